The molecule has 3 heterocycles. The molecular weight excluding hydrogens is 386 g/mol. The minimum Gasteiger partial charge on any atom is -0.356 e. The predicted octanol–water partition coefficient (Wildman–Crippen LogP) is 3.36. The molecule has 0 aliphatic carbocycles. The summed E-state index contributed by atoms with van der Waals surface area (Å²) >= 11 is 1.47. The lowest BCUT2D eigenvalue weighted by molar-refractivity contribution is 0.0956. The number of amides is 1. The summed E-state index contributed by atoms with van der Waals surface area (Å²) in [7, 11) is 0. The topological polar surface area (TPSA) is 98.8 Å². The molecule has 1 aromatic carbocycles. The second-order valence-electron chi connectivity index (χ2n) is 6.78. The van der Waals surface area contributed by atoms with Crippen LogP contribution in [0.4, 0.5) is 17.5 Å². The number of anilines is 3. The summed E-state index contributed by atoms with van der Waals surface area (Å²) in [6, 6.07) is 11.3. The number of hydrogen-bond donors (Lipinski definition) is 3. The zero-order chi connectivity index (χ0) is 20.2. The molecule has 4 rings (SSSR count). The summed E-state index contributed by atoms with van der Waals surface area (Å²) in [6.45, 7) is 6.47. The van der Waals surface area contributed by atoms with Crippen molar-refractivity contribution in [3.05, 3.63) is 47.7 Å². The van der Waals surface area contributed by atoms with Gasteiger partial charge in [-0.15, -0.1) is 0 Å². The van der Waals surface area contributed by atoms with Crippen molar-refractivity contribution in [3.8, 4) is 0 Å². The fourth-order valence-electron chi connectivity index (χ4n) is 2.89. The third kappa shape index (κ3) is 4.68. The summed E-state index contributed by atoms with van der Waals surface area (Å²) in [4.78, 5) is 24.5. The van der Waals surface area contributed by atoms with Crippen LogP contribution in [0.3, 0.4) is 0 Å². The second kappa shape index (κ2) is 8.52. The van der Waals surface area contributed by atoms with E-state index in [0.29, 0.717) is 23.1 Å². The molecule has 0 spiro atoms. The normalized spacial score (nSPS) is 13.1. The number of benzene rings is 1. The van der Waals surface area contributed by atoms with Crippen LogP contribution in [0.25, 0.3) is 0 Å². The fourth-order valence-corrected chi connectivity index (χ4v) is 3.65. The number of aryl methyl sites for hydroxylation is 1. The van der Waals surface area contributed by atoms with E-state index in [1.54, 1.807) is 0 Å². The van der Waals surface area contributed by atoms with E-state index in [2.05, 4.69) is 30.7 Å². The molecule has 1 aliphatic heterocycles. The quantitative estimate of drug-likeness (QED) is 0.515. The van der Waals surface area contributed by atoms with Crippen LogP contribution in [0.2, 0.25) is 0 Å². The summed E-state index contributed by atoms with van der Waals surface area (Å²) in [5.74, 6) is 2.26. The van der Waals surface area contributed by atoms with Gasteiger partial charge < -0.3 is 15.5 Å². The lowest BCUT2D eigenvalue weighted by atomic mass is 10.2. The first-order valence-corrected chi connectivity index (χ1v) is 10.4. The first-order valence-electron chi connectivity index (χ1n) is 9.60. The smallest absolute Gasteiger partial charge is 0.251 e. The fraction of sp³-hybridized carbons (Fsp3) is 0.300. The van der Waals surface area contributed by atoms with Crippen molar-refractivity contribution in [1.29, 1.82) is 0 Å². The Bertz CT molecular complexity index is 998. The lowest BCUT2D eigenvalue weighted by Gasteiger charge is -2.32. The first kappa shape index (κ1) is 19.3. The van der Waals surface area contributed by atoms with Gasteiger partial charge in [0.1, 0.15) is 11.6 Å². The van der Waals surface area contributed by atoms with Crippen molar-refractivity contribution < 1.29 is 4.79 Å². The number of hydrogen-bond acceptors (Lipinski definition) is 7. The van der Waals surface area contributed by atoms with E-state index in [0.717, 1.165) is 35.3 Å². The van der Waals surface area contributed by atoms with Gasteiger partial charge in [0.2, 0.25) is 0 Å². The Kier molecular flexibility index (Phi) is 5.66. The second-order valence-corrected chi connectivity index (χ2v) is 7.82. The monoisotopic (exact) mass is 409 g/mol. The first-order chi connectivity index (χ1) is 14.1. The highest BCUT2D eigenvalue weighted by atomic mass is 32.2. The van der Waals surface area contributed by atoms with Crippen molar-refractivity contribution in [3.63, 3.8) is 0 Å². The maximum Gasteiger partial charge on any atom is 0.251 e. The SMILES string of the molecule is CCNC(=O)c1ccc(Sc2nc(Nc3cc(C)[nH]n3)cc(N3CCC3)n2)cc1. The Morgan fingerprint density at radius 2 is 1.97 bits per heavy atom. The van der Waals surface area contributed by atoms with Crippen LogP contribution in [-0.4, -0.2) is 45.7 Å². The molecule has 0 radical (unpaired) electrons. The lowest BCUT2D eigenvalue weighted by Crippen LogP contribution is -2.37. The molecule has 3 aromatic rings. The van der Waals surface area contributed by atoms with E-state index in [1.807, 2.05) is 50.2 Å². The predicted molar refractivity (Wildman–Crippen MR) is 114 cm³/mol. The Morgan fingerprint density at radius 3 is 2.59 bits per heavy atom. The standard InChI is InChI=1S/C20H23N7OS/c1-3-21-19(28)14-5-7-15(8-6-14)29-20-23-16(22-17-11-13(2)25-26-17)12-18(24-20)27-9-4-10-27/h5-8,11-12H,3-4,9-10H2,1-2H3,(H,21,28)(H2,22,23,24,25,26). The van der Waals surface area contributed by atoms with Crippen LogP contribution in [0.1, 0.15) is 29.4 Å². The highest BCUT2D eigenvalue weighted by molar-refractivity contribution is 7.99. The van der Waals surface area contributed by atoms with Gasteiger partial charge >= 0.3 is 0 Å². The molecule has 29 heavy (non-hydrogen) atoms. The van der Waals surface area contributed by atoms with E-state index in [1.165, 1.54) is 18.2 Å². The van der Waals surface area contributed by atoms with E-state index < -0.39 is 0 Å². The molecular formula is C20H23N7OS. The molecule has 1 fully saturated rings. The minimum absolute atomic E-state index is 0.0686. The van der Waals surface area contributed by atoms with Gasteiger partial charge in [0.25, 0.3) is 5.91 Å². The zero-order valence-corrected chi connectivity index (χ0v) is 17.2. The van der Waals surface area contributed by atoms with Crippen LogP contribution in [-0.2, 0) is 0 Å². The highest BCUT2D eigenvalue weighted by Crippen LogP contribution is 2.30. The van der Waals surface area contributed by atoms with Crippen LogP contribution in [0.15, 0.2) is 46.5 Å². The molecule has 0 unspecified atom stereocenters. The molecule has 0 saturated carbocycles. The maximum absolute atomic E-state index is 11.9. The molecule has 2 aromatic heterocycles. The van der Waals surface area contributed by atoms with Gasteiger partial charge in [0.15, 0.2) is 11.0 Å². The number of aromatic amines is 1. The number of carbonyl (C=O) groups is 1. The van der Waals surface area contributed by atoms with Crippen molar-refractivity contribution >= 4 is 35.1 Å². The largest absolute Gasteiger partial charge is 0.356 e. The van der Waals surface area contributed by atoms with Crippen LogP contribution in [0, 0.1) is 6.92 Å². The van der Waals surface area contributed by atoms with Gasteiger partial charge in [-0.3, -0.25) is 9.89 Å². The summed E-state index contributed by atoms with van der Waals surface area (Å²) in [5.41, 5.74) is 1.62. The molecule has 1 aliphatic rings. The van der Waals surface area contributed by atoms with Gasteiger partial charge in [-0.05, 0) is 56.3 Å². The van der Waals surface area contributed by atoms with Crippen LogP contribution < -0.4 is 15.5 Å². The number of nitrogens with one attached hydrogen (secondary N) is 3. The number of nitrogens with zero attached hydrogens (tertiary/aromatic N) is 4. The average Bonchev–Trinajstić information content (AvgIpc) is 3.05. The number of H-pyrrole nitrogens is 1. The van der Waals surface area contributed by atoms with Crippen LogP contribution >= 0.6 is 11.8 Å². The Balaban J connectivity index is 1.55. The van der Waals surface area contributed by atoms with Gasteiger partial charge in [0.05, 0.1) is 0 Å². The van der Waals surface area contributed by atoms with Gasteiger partial charge in [-0.25, -0.2) is 9.97 Å². The Hall–Kier alpha value is -3.07. The van der Waals surface area contributed by atoms with E-state index >= 15 is 0 Å². The molecule has 0 bridgehead atoms. The molecule has 3 N–H and O–H groups in total. The third-order valence-electron chi connectivity index (χ3n) is 4.50. The van der Waals surface area contributed by atoms with Crippen molar-refractivity contribution in [1.82, 2.24) is 25.5 Å². The molecule has 0 atom stereocenters. The van der Waals surface area contributed by atoms with Gasteiger partial charge in [-0.2, -0.15) is 5.10 Å². The highest BCUT2D eigenvalue weighted by Gasteiger charge is 2.18. The number of aromatic nitrogens is 4. The van der Waals surface area contributed by atoms with Crippen LogP contribution in [0.5, 0.6) is 0 Å². The Morgan fingerprint density at radius 1 is 1.17 bits per heavy atom. The molecule has 1 amide bonds. The van der Waals surface area contributed by atoms with Crippen molar-refractivity contribution in [2.24, 2.45) is 0 Å². The third-order valence-corrected chi connectivity index (χ3v) is 5.37. The molecule has 1 saturated heterocycles. The Labute approximate surface area is 173 Å². The summed E-state index contributed by atoms with van der Waals surface area (Å²) in [6.07, 6.45) is 1.18. The maximum atomic E-state index is 11.9. The van der Waals surface area contributed by atoms with Gasteiger partial charge in [-0.1, -0.05) is 0 Å². The molecule has 9 heteroatoms. The minimum atomic E-state index is -0.0686. The van der Waals surface area contributed by atoms with Crippen molar-refractivity contribution in [2.75, 3.05) is 29.9 Å². The van der Waals surface area contributed by atoms with Crippen molar-refractivity contribution in [2.45, 2.75) is 30.3 Å². The molecule has 150 valence electrons. The van der Waals surface area contributed by atoms with E-state index in [4.69, 9.17) is 4.98 Å². The number of rotatable bonds is 7. The van der Waals surface area contributed by atoms with E-state index in [-0.39, 0.29) is 5.91 Å². The number of carbonyl (C=O) groups excluding carboxylic acids is 1. The summed E-state index contributed by atoms with van der Waals surface area (Å²) in [5, 5.41) is 13.8. The molecule has 8 nitrogen and oxygen atoms in total. The zero-order valence-electron chi connectivity index (χ0n) is 16.4. The summed E-state index contributed by atoms with van der Waals surface area (Å²) < 4.78 is 0. The van der Waals surface area contributed by atoms with E-state index in [9.17, 15) is 4.79 Å². The average molecular weight is 410 g/mol. The van der Waals surface area contributed by atoms with Gasteiger partial charge in [0, 0.05) is 47.9 Å².